The van der Waals surface area contributed by atoms with Crippen molar-refractivity contribution in [2.45, 2.75) is 6.18 Å². The molecule has 0 fully saturated rings. The van der Waals surface area contributed by atoms with Gasteiger partial charge in [0.1, 0.15) is 17.6 Å². The molecule has 2 aromatic rings. The van der Waals surface area contributed by atoms with E-state index >= 15 is 0 Å². The Kier molecular flexibility index (Phi) is 3.57. The average molecular weight is 282 g/mol. The minimum absolute atomic E-state index is 0.0253. The highest BCUT2D eigenvalue weighted by Crippen LogP contribution is 2.33. The van der Waals surface area contributed by atoms with Gasteiger partial charge in [-0.15, -0.1) is 0 Å². The smallest absolute Gasteiger partial charge is 0.418 e. The maximum Gasteiger partial charge on any atom is 0.418 e. The molecule has 1 aromatic heterocycles. The topological polar surface area (TPSA) is 45.9 Å². The molecule has 0 aliphatic heterocycles. The van der Waals surface area contributed by atoms with Crippen LogP contribution in [0.4, 0.5) is 17.6 Å². The van der Waals surface area contributed by atoms with Gasteiger partial charge in [0.05, 0.1) is 5.56 Å². The van der Waals surface area contributed by atoms with Crippen LogP contribution in [0.2, 0.25) is 0 Å². The minimum Gasteiger partial charge on any atom is -0.454 e. The fraction of sp³-hybridized carbons (Fsp3) is 0.0769. The van der Waals surface area contributed by atoms with Crippen LogP contribution >= 0.6 is 0 Å². The Bertz CT molecular complexity index is 677. The first-order valence-electron chi connectivity index (χ1n) is 5.31. The van der Waals surface area contributed by atoms with Gasteiger partial charge in [-0.2, -0.15) is 18.4 Å². The number of aromatic nitrogens is 1. The zero-order valence-electron chi connectivity index (χ0n) is 9.78. The number of nitriles is 1. The highest BCUT2D eigenvalue weighted by molar-refractivity contribution is 5.43. The Morgan fingerprint density at radius 2 is 1.95 bits per heavy atom. The van der Waals surface area contributed by atoms with Gasteiger partial charge in [0.2, 0.25) is 0 Å². The first-order chi connectivity index (χ1) is 9.40. The Hall–Kier alpha value is -2.62. The second kappa shape index (κ2) is 5.17. The molecule has 7 heteroatoms. The summed E-state index contributed by atoms with van der Waals surface area (Å²) in [5.74, 6) is -1.02. The van der Waals surface area contributed by atoms with Gasteiger partial charge >= 0.3 is 6.18 Å². The van der Waals surface area contributed by atoms with Crippen molar-refractivity contribution >= 4 is 0 Å². The van der Waals surface area contributed by atoms with E-state index in [0.717, 1.165) is 12.1 Å². The first kappa shape index (κ1) is 13.8. The molecular weight excluding hydrogens is 276 g/mol. The molecule has 0 spiro atoms. The van der Waals surface area contributed by atoms with Crippen LogP contribution in [0.15, 0.2) is 36.5 Å². The van der Waals surface area contributed by atoms with E-state index < -0.39 is 17.6 Å². The molecule has 0 saturated heterocycles. The molecule has 0 radical (unpaired) electrons. The SMILES string of the molecule is N#Cc1ncc(C(F)(F)F)cc1Oc1cccc(F)c1. The summed E-state index contributed by atoms with van der Waals surface area (Å²) in [5, 5.41) is 8.80. The number of hydrogen-bond acceptors (Lipinski definition) is 3. The van der Waals surface area contributed by atoms with Crippen LogP contribution in [-0.4, -0.2) is 4.98 Å². The average Bonchev–Trinajstić information content (AvgIpc) is 2.37. The maximum absolute atomic E-state index is 13.0. The third-order valence-electron chi connectivity index (χ3n) is 2.31. The van der Waals surface area contributed by atoms with Gasteiger partial charge in [-0.1, -0.05) is 6.07 Å². The van der Waals surface area contributed by atoms with Crippen LogP contribution in [0.1, 0.15) is 11.3 Å². The van der Waals surface area contributed by atoms with Crippen molar-refractivity contribution in [3.63, 3.8) is 0 Å². The van der Waals surface area contributed by atoms with Crippen molar-refractivity contribution in [1.82, 2.24) is 4.98 Å². The number of rotatable bonds is 2. The van der Waals surface area contributed by atoms with Crippen molar-refractivity contribution in [2.75, 3.05) is 0 Å². The molecule has 0 amide bonds. The molecule has 0 bridgehead atoms. The second-order valence-corrected chi connectivity index (χ2v) is 3.74. The monoisotopic (exact) mass is 282 g/mol. The number of alkyl halides is 3. The highest BCUT2D eigenvalue weighted by atomic mass is 19.4. The fourth-order valence-electron chi connectivity index (χ4n) is 1.42. The van der Waals surface area contributed by atoms with E-state index in [1.54, 1.807) is 6.07 Å². The lowest BCUT2D eigenvalue weighted by Crippen LogP contribution is -2.06. The third kappa shape index (κ3) is 3.03. The van der Waals surface area contributed by atoms with E-state index in [4.69, 9.17) is 10.00 Å². The van der Waals surface area contributed by atoms with Crippen LogP contribution in [-0.2, 0) is 6.18 Å². The Morgan fingerprint density at radius 1 is 1.20 bits per heavy atom. The summed E-state index contributed by atoms with van der Waals surface area (Å²) in [6.45, 7) is 0. The minimum atomic E-state index is -4.61. The number of ether oxygens (including phenoxy) is 1. The first-order valence-corrected chi connectivity index (χ1v) is 5.31. The van der Waals surface area contributed by atoms with E-state index in [0.29, 0.717) is 12.3 Å². The van der Waals surface area contributed by atoms with Crippen molar-refractivity contribution in [3.8, 4) is 17.6 Å². The number of hydrogen-bond donors (Lipinski definition) is 0. The Balaban J connectivity index is 2.42. The summed E-state index contributed by atoms with van der Waals surface area (Å²) in [6.07, 6.45) is -4.07. The molecule has 0 aliphatic carbocycles. The Morgan fingerprint density at radius 3 is 2.55 bits per heavy atom. The van der Waals surface area contributed by atoms with Gasteiger partial charge < -0.3 is 4.74 Å². The van der Waals surface area contributed by atoms with E-state index in [2.05, 4.69) is 4.98 Å². The van der Waals surface area contributed by atoms with Crippen molar-refractivity contribution in [1.29, 1.82) is 5.26 Å². The van der Waals surface area contributed by atoms with Crippen molar-refractivity contribution < 1.29 is 22.3 Å². The molecule has 0 N–H and O–H groups in total. The molecule has 1 heterocycles. The quantitative estimate of drug-likeness (QED) is 0.785. The number of pyridine rings is 1. The Labute approximate surface area is 111 Å². The summed E-state index contributed by atoms with van der Waals surface area (Å²) >= 11 is 0. The molecule has 0 unspecified atom stereocenters. The molecule has 3 nitrogen and oxygen atoms in total. The van der Waals surface area contributed by atoms with E-state index in [9.17, 15) is 17.6 Å². The molecule has 20 heavy (non-hydrogen) atoms. The number of halogens is 4. The molecule has 0 aliphatic rings. The zero-order valence-corrected chi connectivity index (χ0v) is 9.78. The summed E-state index contributed by atoms with van der Waals surface area (Å²) in [4.78, 5) is 3.38. The summed E-state index contributed by atoms with van der Waals surface area (Å²) < 4.78 is 55.8. The molecule has 0 saturated carbocycles. The lowest BCUT2D eigenvalue weighted by Gasteiger charge is -2.10. The second-order valence-electron chi connectivity index (χ2n) is 3.74. The number of nitrogens with zero attached hydrogens (tertiary/aromatic N) is 2. The van der Waals surface area contributed by atoms with Crippen LogP contribution in [0.25, 0.3) is 0 Å². The standard InChI is InChI=1S/C13H6F4N2O/c14-9-2-1-3-10(5-9)20-12-4-8(13(15,16)17)7-19-11(12)6-18/h1-5,7H. The molecule has 102 valence electrons. The van der Waals surface area contributed by atoms with Crippen LogP contribution < -0.4 is 4.74 Å². The molecule has 0 atom stereocenters. The van der Waals surface area contributed by atoms with E-state index in [1.807, 2.05) is 0 Å². The van der Waals surface area contributed by atoms with Crippen LogP contribution in [0.5, 0.6) is 11.5 Å². The van der Waals surface area contributed by atoms with Gasteiger partial charge in [0, 0.05) is 12.3 Å². The molecule has 1 aromatic carbocycles. The van der Waals surface area contributed by atoms with Gasteiger partial charge in [-0.25, -0.2) is 9.37 Å². The van der Waals surface area contributed by atoms with E-state index in [-0.39, 0.29) is 17.2 Å². The predicted molar refractivity (Wildman–Crippen MR) is 60.4 cm³/mol. The van der Waals surface area contributed by atoms with Gasteiger partial charge in [-0.3, -0.25) is 0 Å². The lowest BCUT2D eigenvalue weighted by atomic mass is 10.2. The van der Waals surface area contributed by atoms with Crippen LogP contribution in [0, 0.1) is 17.1 Å². The largest absolute Gasteiger partial charge is 0.454 e. The lowest BCUT2D eigenvalue weighted by molar-refractivity contribution is -0.137. The summed E-state index contributed by atoms with van der Waals surface area (Å²) in [5.41, 5.74) is -1.37. The van der Waals surface area contributed by atoms with Gasteiger partial charge in [0.25, 0.3) is 0 Å². The summed E-state index contributed by atoms with van der Waals surface area (Å²) in [7, 11) is 0. The maximum atomic E-state index is 13.0. The predicted octanol–water partition coefficient (Wildman–Crippen LogP) is 3.90. The molecule has 2 rings (SSSR count). The third-order valence-corrected chi connectivity index (χ3v) is 2.31. The van der Waals surface area contributed by atoms with Crippen molar-refractivity contribution in [2.24, 2.45) is 0 Å². The van der Waals surface area contributed by atoms with Crippen molar-refractivity contribution in [3.05, 3.63) is 53.6 Å². The molecular formula is C13H6F4N2O. The summed E-state index contributed by atoms with van der Waals surface area (Å²) in [6, 6.07) is 7.09. The van der Waals surface area contributed by atoms with E-state index in [1.165, 1.54) is 12.1 Å². The zero-order chi connectivity index (χ0) is 14.8. The van der Waals surface area contributed by atoms with Gasteiger partial charge in [0.15, 0.2) is 11.4 Å². The normalized spacial score (nSPS) is 10.9. The van der Waals surface area contributed by atoms with Crippen LogP contribution in [0.3, 0.4) is 0 Å². The number of benzene rings is 1. The fourth-order valence-corrected chi connectivity index (χ4v) is 1.42. The van der Waals surface area contributed by atoms with Gasteiger partial charge in [-0.05, 0) is 18.2 Å². The highest BCUT2D eigenvalue weighted by Gasteiger charge is 2.32.